The van der Waals surface area contributed by atoms with Crippen LogP contribution in [0.1, 0.15) is 32.3 Å². The van der Waals surface area contributed by atoms with Crippen molar-refractivity contribution >= 4 is 23.9 Å². The summed E-state index contributed by atoms with van der Waals surface area (Å²) in [4.78, 5) is 48.5. The largest absolute Gasteiger partial charge is 0.479 e. The molecule has 3 rings (SSSR count). The van der Waals surface area contributed by atoms with Crippen molar-refractivity contribution in [2.75, 3.05) is 7.11 Å². The van der Waals surface area contributed by atoms with Crippen LogP contribution in [-0.4, -0.2) is 97.9 Å². The lowest BCUT2D eigenvalue weighted by atomic mass is 9.74. The number of rotatable bonds is 12. The number of methoxy groups -OCH3 is 1. The minimum absolute atomic E-state index is 0.141. The monoisotopic (exact) mass is 552 g/mol. The van der Waals surface area contributed by atoms with E-state index in [0.29, 0.717) is 12.0 Å². The number of aliphatic hydroxyl groups excluding tert-OH is 1. The maximum atomic E-state index is 12.4. The van der Waals surface area contributed by atoms with Crippen molar-refractivity contribution in [3.63, 3.8) is 0 Å². The highest BCUT2D eigenvalue weighted by atomic mass is 16.8. The first-order valence-electron chi connectivity index (χ1n) is 12.1. The third-order valence-electron chi connectivity index (χ3n) is 7.26. The van der Waals surface area contributed by atoms with E-state index in [4.69, 9.17) is 18.9 Å². The van der Waals surface area contributed by atoms with E-state index in [1.54, 1.807) is 0 Å². The molecule has 2 aliphatic rings. The maximum absolute atomic E-state index is 12.4. The second kappa shape index (κ2) is 11.0. The molecule has 39 heavy (non-hydrogen) atoms. The van der Waals surface area contributed by atoms with Crippen LogP contribution in [0.5, 0.6) is 0 Å². The van der Waals surface area contributed by atoms with Gasteiger partial charge in [0.25, 0.3) is 0 Å². The molecule has 0 aliphatic carbocycles. The van der Waals surface area contributed by atoms with Crippen molar-refractivity contribution in [1.29, 1.82) is 0 Å². The number of carbonyl (C=O) groups excluding carboxylic acids is 1. The lowest BCUT2D eigenvalue weighted by molar-refractivity contribution is -0.374. The van der Waals surface area contributed by atoms with E-state index in [-0.39, 0.29) is 12.3 Å². The molecule has 214 valence electrons. The number of aliphatic carboxylic acids is 3. The Bertz CT molecular complexity index is 1140. The standard InChI is InChI=1S/C26H32O13/c1-13(17(37-15(3)27)14(2)12-16-8-6-5-7-9-16)10-11-24-18(28)19(36-4)26(39-24,23(33)34)25(35,22(31)32)20(38-24)21(29)30/h5-9,14,17-20,28,35H,1,10-12H2,2-4H3,(H,29,30)(H,31,32)(H,33,34)/t14?,17?,18-,19-,20-,24-,25-,26-/m1/s1. The molecule has 1 aromatic carbocycles. The normalized spacial score (nSPS) is 33.1. The number of carbonyl (C=O) groups is 4. The highest BCUT2D eigenvalue weighted by Gasteiger charge is 2.85. The molecule has 0 spiro atoms. The predicted octanol–water partition coefficient (Wildman–Crippen LogP) is 0.358. The predicted molar refractivity (Wildman–Crippen MR) is 129 cm³/mol. The first-order chi connectivity index (χ1) is 18.2. The van der Waals surface area contributed by atoms with E-state index in [0.717, 1.165) is 12.7 Å². The molecule has 0 saturated carbocycles. The Morgan fingerprint density at radius 2 is 1.72 bits per heavy atom. The van der Waals surface area contributed by atoms with Crippen LogP contribution in [-0.2, 0) is 44.5 Å². The molecular weight excluding hydrogens is 520 g/mol. The van der Waals surface area contributed by atoms with Gasteiger partial charge in [0.2, 0.25) is 17.3 Å². The van der Waals surface area contributed by atoms with Crippen LogP contribution in [0, 0.1) is 5.92 Å². The van der Waals surface area contributed by atoms with Crippen LogP contribution in [0.2, 0.25) is 0 Å². The van der Waals surface area contributed by atoms with Gasteiger partial charge in [-0.05, 0) is 24.0 Å². The van der Waals surface area contributed by atoms with E-state index in [9.17, 15) is 44.7 Å². The molecule has 0 amide bonds. The summed E-state index contributed by atoms with van der Waals surface area (Å²) in [6, 6.07) is 9.36. The fourth-order valence-corrected chi connectivity index (χ4v) is 5.44. The van der Waals surface area contributed by atoms with Crippen molar-refractivity contribution in [1.82, 2.24) is 0 Å². The van der Waals surface area contributed by atoms with Crippen molar-refractivity contribution in [2.24, 2.45) is 5.92 Å². The molecule has 2 unspecified atom stereocenters. The Morgan fingerprint density at radius 3 is 2.21 bits per heavy atom. The number of aliphatic hydroxyl groups is 2. The second-order valence-electron chi connectivity index (χ2n) is 9.82. The number of hydrogen-bond donors (Lipinski definition) is 5. The van der Waals surface area contributed by atoms with Crippen molar-refractivity contribution in [2.45, 2.75) is 74.5 Å². The van der Waals surface area contributed by atoms with Crippen LogP contribution in [0.4, 0.5) is 0 Å². The van der Waals surface area contributed by atoms with Gasteiger partial charge in [0, 0.05) is 26.4 Å². The van der Waals surface area contributed by atoms with E-state index < -0.39 is 71.7 Å². The lowest BCUT2D eigenvalue weighted by Crippen LogP contribution is -2.78. The molecule has 1 aromatic rings. The number of ether oxygens (including phenoxy) is 4. The van der Waals surface area contributed by atoms with Gasteiger partial charge in [0.15, 0.2) is 5.79 Å². The van der Waals surface area contributed by atoms with E-state index in [1.807, 2.05) is 37.3 Å². The van der Waals surface area contributed by atoms with Gasteiger partial charge < -0.3 is 44.5 Å². The highest BCUT2D eigenvalue weighted by Crippen LogP contribution is 2.55. The molecule has 0 aromatic heterocycles. The summed E-state index contributed by atoms with van der Waals surface area (Å²) in [5.41, 5.74) is -5.67. The molecule has 2 heterocycles. The van der Waals surface area contributed by atoms with Gasteiger partial charge in [-0.2, -0.15) is 0 Å². The zero-order valence-corrected chi connectivity index (χ0v) is 21.6. The van der Waals surface area contributed by atoms with Gasteiger partial charge in [0.05, 0.1) is 0 Å². The average Bonchev–Trinajstić information content (AvgIpc) is 3.09. The number of carboxylic acid groups (broad SMARTS) is 3. The Labute approximate surface area is 223 Å². The fraction of sp³-hybridized carbons (Fsp3) is 0.538. The van der Waals surface area contributed by atoms with Crippen LogP contribution < -0.4 is 0 Å². The van der Waals surface area contributed by atoms with E-state index in [1.165, 1.54) is 6.92 Å². The van der Waals surface area contributed by atoms with E-state index in [2.05, 4.69) is 6.58 Å². The molecule has 13 heteroatoms. The summed E-state index contributed by atoms with van der Waals surface area (Å²) < 4.78 is 21.5. The minimum atomic E-state index is -3.69. The molecule has 0 radical (unpaired) electrons. The Kier molecular flexibility index (Phi) is 8.53. The molecule has 5 N–H and O–H groups in total. The maximum Gasteiger partial charge on any atom is 0.343 e. The molecule has 8 atom stereocenters. The molecule has 2 fully saturated rings. The van der Waals surface area contributed by atoms with Gasteiger partial charge in [-0.3, -0.25) is 4.79 Å². The van der Waals surface area contributed by atoms with Crippen molar-refractivity contribution in [3.8, 4) is 0 Å². The van der Waals surface area contributed by atoms with Crippen LogP contribution in [0.25, 0.3) is 0 Å². The summed E-state index contributed by atoms with van der Waals surface area (Å²) in [7, 11) is 0.940. The van der Waals surface area contributed by atoms with Gasteiger partial charge in [-0.25, -0.2) is 14.4 Å². The lowest BCUT2D eigenvalue weighted by Gasteiger charge is -2.48. The third kappa shape index (κ3) is 4.92. The SMILES string of the molecule is C=C(CC[C@@]12O[C@H](C(=O)O)[C@@](O)(C(=O)O)[C@@](C(=O)O)(O1)[C@H](OC)[C@H]2O)C(OC(C)=O)C(C)Cc1ccccc1. The van der Waals surface area contributed by atoms with Gasteiger partial charge in [-0.15, -0.1) is 0 Å². The summed E-state index contributed by atoms with van der Waals surface area (Å²) in [5.74, 6) is -9.66. The molecule has 13 nitrogen and oxygen atoms in total. The first-order valence-corrected chi connectivity index (χ1v) is 12.1. The summed E-state index contributed by atoms with van der Waals surface area (Å²) in [6.45, 7) is 7.03. The van der Waals surface area contributed by atoms with Crippen LogP contribution >= 0.6 is 0 Å². The third-order valence-corrected chi connectivity index (χ3v) is 7.26. The molecule has 2 bridgehead atoms. The van der Waals surface area contributed by atoms with Crippen LogP contribution in [0.3, 0.4) is 0 Å². The van der Waals surface area contributed by atoms with Gasteiger partial charge in [0.1, 0.15) is 18.3 Å². The first kappa shape index (κ1) is 30.2. The van der Waals surface area contributed by atoms with Crippen molar-refractivity contribution < 1.29 is 63.7 Å². The zero-order chi connectivity index (χ0) is 29.3. The average molecular weight is 553 g/mol. The van der Waals surface area contributed by atoms with Gasteiger partial charge in [-0.1, -0.05) is 43.8 Å². The summed E-state index contributed by atoms with van der Waals surface area (Å²) in [6.07, 6.45) is -7.68. The summed E-state index contributed by atoms with van der Waals surface area (Å²) >= 11 is 0. The Hall–Kier alpha value is -3.36. The highest BCUT2D eigenvalue weighted by molar-refractivity contribution is 5.97. The second-order valence-corrected chi connectivity index (χ2v) is 9.82. The quantitative estimate of drug-likeness (QED) is 0.176. The molecular formula is C26H32O13. The van der Waals surface area contributed by atoms with Crippen LogP contribution in [0.15, 0.2) is 42.5 Å². The number of hydrogen-bond acceptors (Lipinski definition) is 10. The van der Waals surface area contributed by atoms with Crippen molar-refractivity contribution in [3.05, 3.63) is 48.0 Å². The fourth-order valence-electron chi connectivity index (χ4n) is 5.44. The van der Waals surface area contributed by atoms with E-state index >= 15 is 0 Å². The Morgan fingerprint density at radius 1 is 1.10 bits per heavy atom. The molecule has 2 saturated heterocycles. The summed E-state index contributed by atoms with van der Waals surface area (Å²) in [5, 5.41) is 51.6. The van der Waals surface area contributed by atoms with Gasteiger partial charge >= 0.3 is 23.9 Å². The number of esters is 1. The molecule has 2 aliphatic heterocycles. The minimum Gasteiger partial charge on any atom is -0.479 e. The number of benzene rings is 1. The topological polar surface area (TPSA) is 206 Å². The Balaban J connectivity index is 1.96. The zero-order valence-electron chi connectivity index (χ0n) is 21.6. The smallest absolute Gasteiger partial charge is 0.343 e. The number of carboxylic acids is 3. The number of fused-ring (bicyclic) bond motifs is 2.